The highest BCUT2D eigenvalue weighted by Gasteiger charge is 2.40. The van der Waals surface area contributed by atoms with Gasteiger partial charge >= 0.3 is 0 Å². The topological polar surface area (TPSA) is 51.1 Å². The fourth-order valence-corrected chi connectivity index (χ4v) is 5.35. The fraction of sp³-hybridized carbons (Fsp3) is 0.300. The Hall–Kier alpha value is -2.11. The van der Waals surface area contributed by atoms with Crippen molar-refractivity contribution in [3.05, 3.63) is 72.0 Å². The maximum absolute atomic E-state index is 13.5. The molecule has 0 saturated heterocycles. The van der Waals surface area contributed by atoms with Crippen molar-refractivity contribution in [1.82, 2.24) is 9.29 Å². The van der Waals surface area contributed by atoms with Gasteiger partial charge in [0.2, 0.25) is 10.0 Å². The third-order valence-electron chi connectivity index (χ3n) is 5.18. The van der Waals surface area contributed by atoms with Gasteiger partial charge in [0.25, 0.3) is 0 Å². The summed E-state index contributed by atoms with van der Waals surface area (Å²) < 4.78 is 27.4. The largest absolute Gasteiger partial charge is 0.313 e. The van der Waals surface area contributed by atoms with Gasteiger partial charge in [-0.05, 0) is 49.6 Å². The van der Waals surface area contributed by atoms with E-state index in [1.165, 1.54) is 9.55 Å². The van der Waals surface area contributed by atoms with Crippen LogP contribution in [0.1, 0.15) is 19.8 Å². The van der Waals surface area contributed by atoms with Crippen LogP contribution >= 0.6 is 0 Å². The summed E-state index contributed by atoms with van der Waals surface area (Å²) in [5, 5.41) is 4.24. The van der Waals surface area contributed by atoms with Crippen molar-refractivity contribution >= 4 is 20.9 Å². The van der Waals surface area contributed by atoms with E-state index in [0.29, 0.717) is 6.42 Å². The maximum Gasteiger partial charge on any atom is 0.248 e. The normalized spacial score (nSPS) is 24.2. The first-order chi connectivity index (χ1) is 12.0. The molecule has 0 saturated carbocycles. The van der Waals surface area contributed by atoms with Crippen LogP contribution in [0.5, 0.6) is 0 Å². The Bertz CT molecular complexity index is 1010. The number of allylic oxidation sites excluding steroid dienone is 3. The zero-order valence-electron chi connectivity index (χ0n) is 14.3. The van der Waals surface area contributed by atoms with Crippen molar-refractivity contribution in [2.45, 2.75) is 24.5 Å². The highest BCUT2D eigenvalue weighted by Crippen LogP contribution is 2.37. The van der Waals surface area contributed by atoms with E-state index in [1.807, 2.05) is 49.4 Å². The van der Waals surface area contributed by atoms with Gasteiger partial charge < -0.3 is 5.32 Å². The van der Waals surface area contributed by atoms with Crippen LogP contribution in [0.25, 0.3) is 10.9 Å². The second kappa shape index (κ2) is 6.00. The van der Waals surface area contributed by atoms with Gasteiger partial charge in [0.05, 0.1) is 5.52 Å². The van der Waals surface area contributed by atoms with Crippen LogP contribution in [0.15, 0.2) is 72.0 Å². The lowest BCUT2D eigenvalue weighted by atomic mass is 9.88. The number of hydrogen-bond acceptors (Lipinski definition) is 3. The molecule has 5 heteroatoms. The molecule has 1 aliphatic heterocycles. The average molecular weight is 354 g/mol. The minimum atomic E-state index is -3.57. The molecule has 4 nitrogen and oxygen atoms in total. The monoisotopic (exact) mass is 354 g/mol. The summed E-state index contributed by atoms with van der Waals surface area (Å²) >= 11 is 0. The van der Waals surface area contributed by atoms with Gasteiger partial charge in [0.15, 0.2) is 0 Å². The number of nitrogens with zero attached hydrogens (tertiary/aromatic N) is 1. The molecule has 1 aromatic carbocycles. The summed E-state index contributed by atoms with van der Waals surface area (Å²) in [6.45, 7) is 3.61. The molecule has 2 aliphatic rings. The maximum atomic E-state index is 13.5. The molecule has 1 N–H and O–H groups in total. The number of para-hydroxylation sites is 1. The molecule has 2 heterocycles. The van der Waals surface area contributed by atoms with Crippen LogP contribution in [0.2, 0.25) is 0 Å². The molecule has 25 heavy (non-hydrogen) atoms. The number of nitrogens with one attached hydrogen (secondary N) is 1. The van der Waals surface area contributed by atoms with Crippen molar-refractivity contribution in [2.24, 2.45) is 0 Å². The average Bonchev–Trinajstić information content (AvgIpc) is 3.07. The summed E-state index contributed by atoms with van der Waals surface area (Å²) in [4.78, 5) is 0. The summed E-state index contributed by atoms with van der Waals surface area (Å²) in [6, 6.07) is 9.44. The van der Waals surface area contributed by atoms with E-state index >= 15 is 0 Å². The molecule has 0 fully saturated rings. The van der Waals surface area contributed by atoms with Gasteiger partial charge in [0, 0.05) is 18.1 Å². The van der Waals surface area contributed by atoms with Crippen molar-refractivity contribution in [1.29, 1.82) is 0 Å². The molecule has 0 bridgehead atoms. The lowest BCUT2D eigenvalue weighted by Crippen LogP contribution is -2.39. The second-order valence-electron chi connectivity index (χ2n) is 6.90. The Labute approximate surface area is 148 Å². The van der Waals surface area contributed by atoms with E-state index in [-0.39, 0.29) is 0 Å². The van der Waals surface area contributed by atoms with Gasteiger partial charge in [-0.25, -0.2) is 12.4 Å². The van der Waals surface area contributed by atoms with Crippen LogP contribution in [0.3, 0.4) is 0 Å². The highest BCUT2D eigenvalue weighted by molar-refractivity contribution is 7.91. The summed E-state index contributed by atoms with van der Waals surface area (Å²) in [6.07, 6.45) is 11.1. The molecule has 1 atom stereocenters. The van der Waals surface area contributed by atoms with Gasteiger partial charge in [0.1, 0.15) is 4.75 Å². The van der Waals surface area contributed by atoms with E-state index < -0.39 is 14.8 Å². The molecular weight excluding hydrogens is 332 g/mol. The minimum Gasteiger partial charge on any atom is -0.313 e. The van der Waals surface area contributed by atoms with Gasteiger partial charge in [-0.15, -0.1) is 0 Å². The van der Waals surface area contributed by atoms with Crippen LogP contribution in [-0.2, 0) is 10.0 Å². The zero-order valence-corrected chi connectivity index (χ0v) is 15.1. The first-order valence-corrected chi connectivity index (χ1v) is 10.0. The third kappa shape index (κ3) is 2.68. The van der Waals surface area contributed by atoms with Crippen molar-refractivity contribution < 1.29 is 8.42 Å². The summed E-state index contributed by atoms with van der Waals surface area (Å²) in [5.74, 6) is 0. The Balaban J connectivity index is 1.74. The molecule has 4 rings (SSSR count). The standard InChI is InChI=1S/C20H22N2O2S/c1-20(11-4-6-18(15-20)16-8-12-21-13-9-16)25(23,24)22-14-10-17-5-2-3-7-19(17)22/h2-8,10-11,14,21H,9,12-13,15H2,1H3. The number of rotatable bonds is 3. The lowest BCUT2D eigenvalue weighted by molar-refractivity contribution is 0.551. The van der Waals surface area contributed by atoms with Crippen molar-refractivity contribution in [3.8, 4) is 0 Å². The zero-order chi connectivity index (χ0) is 17.5. The molecule has 0 amide bonds. The predicted octanol–water partition coefficient (Wildman–Crippen LogP) is 3.38. The van der Waals surface area contributed by atoms with Crippen LogP contribution < -0.4 is 5.32 Å². The van der Waals surface area contributed by atoms with E-state index in [9.17, 15) is 8.42 Å². The van der Waals surface area contributed by atoms with Gasteiger partial charge in [-0.1, -0.05) is 42.5 Å². The molecule has 2 aromatic rings. The SMILES string of the molecule is CC1(S(=O)(=O)n2ccc3ccccc32)C=CC=C(C2=CCNCC2)C1. The third-order valence-corrected chi connectivity index (χ3v) is 7.47. The van der Waals surface area contributed by atoms with E-state index in [2.05, 4.69) is 17.5 Å². The second-order valence-corrected chi connectivity index (χ2v) is 9.18. The first kappa shape index (κ1) is 16.4. The molecule has 1 aromatic heterocycles. The quantitative estimate of drug-likeness (QED) is 0.919. The molecule has 1 aliphatic carbocycles. The van der Waals surface area contributed by atoms with Crippen molar-refractivity contribution in [2.75, 3.05) is 13.1 Å². The summed E-state index contributed by atoms with van der Waals surface area (Å²) in [5.41, 5.74) is 3.13. The first-order valence-electron chi connectivity index (χ1n) is 8.61. The van der Waals surface area contributed by atoms with Gasteiger partial charge in [-0.3, -0.25) is 0 Å². The number of hydrogen-bond donors (Lipinski definition) is 1. The van der Waals surface area contributed by atoms with E-state index in [4.69, 9.17) is 0 Å². The number of aromatic nitrogens is 1. The molecular formula is C20H22N2O2S. The number of fused-ring (bicyclic) bond motifs is 1. The highest BCUT2D eigenvalue weighted by atomic mass is 32.2. The van der Waals surface area contributed by atoms with Crippen LogP contribution in [0, 0.1) is 0 Å². The molecule has 0 radical (unpaired) electrons. The predicted molar refractivity (Wildman–Crippen MR) is 102 cm³/mol. The van der Waals surface area contributed by atoms with Crippen LogP contribution in [0.4, 0.5) is 0 Å². The minimum absolute atomic E-state index is 0.504. The Morgan fingerprint density at radius 1 is 1.16 bits per heavy atom. The molecule has 130 valence electrons. The Kier molecular flexibility index (Phi) is 3.93. The number of benzene rings is 1. The van der Waals surface area contributed by atoms with Crippen molar-refractivity contribution in [3.63, 3.8) is 0 Å². The molecule has 1 unspecified atom stereocenters. The fourth-order valence-electron chi connectivity index (χ4n) is 3.67. The van der Waals surface area contributed by atoms with E-state index in [1.54, 1.807) is 6.20 Å². The summed E-state index contributed by atoms with van der Waals surface area (Å²) in [7, 11) is -3.57. The lowest BCUT2D eigenvalue weighted by Gasteiger charge is -2.31. The Morgan fingerprint density at radius 3 is 2.80 bits per heavy atom. The smallest absolute Gasteiger partial charge is 0.248 e. The molecule has 0 spiro atoms. The Morgan fingerprint density at radius 2 is 2.00 bits per heavy atom. The van der Waals surface area contributed by atoms with Gasteiger partial charge in [-0.2, -0.15) is 0 Å². The van der Waals surface area contributed by atoms with Crippen LogP contribution in [-0.4, -0.2) is 30.2 Å². The van der Waals surface area contributed by atoms with E-state index in [0.717, 1.165) is 36.0 Å².